The van der Waals surface area contributed by atoms with Gasteiger partial charge in [-0.25, -0.2) is 0 Å². The van der Waals surface area contributed by atoms with E-state index in [4.69, 9.17) is 0 Å². The molecule has 0 radical (unpaired) electrons. The van der Waals surface area contributed by atoms with Crippen molar-refractivity contribution in [3.63, 3.8) is 0 Å². The van der Waals surface area contributed by atoms with E-state index in [1.807, 2.05) is 40.5 Å². The van der Waals surface area contributed by atoms with Crippen molar-refractivity contribution < 1.29 is 4.79 Å². The zero-order chi connectivity index (χ0) is 16.8. The fraction of sp³-hybridized carbons (Fsp3) is 0.444. The van der Waals surface area contributed by atoms with E-state index in [0.717, 1.165) is 18.4 Å². The van der Waals surface area contributed by atoms with Crippen molar-refractivity contribution in [2.75, 3.05) is 19.0 Å². The minimum Gasteiger partial charge on any atom is -0.378 e. The molecule has 2 rings (SSSR count). The van der Waals surface area contributed by atoms with Crippen molar-refractivity contribution in [3.05, 3.63) is 47.8 Å². The first-order valence-corrected chi connectivity index (χ1v) is 7.97. The molecule has 0 bridgehead atoms. The number of amides is 1. The van der Waals surface area contributed by atoms with Crippen LogP contribution in [-0.4, -0.2) is 35.8 Å². The first-order chi connectivity index (χ1) is 10.9. The average Bonchev–Trinajstić information content (AvgIpc) is 2.91. The fourth-order valence-electron chi connectivity index (χ4n) is 2.54. The third kappa shape index (κ3) is 5.43. The predicted octanol–water partition coefficient (Wildman–Crippen LogP) is 2.17. The van der Waals surface area contributed by atoms with Crippen LogP contribution in [0.1, 0.15) is 24.5 Å². The van der Waals surface area contributed by atoms with E-state index in [-0.39, 0.29) is 11.9 Å². The summed E-state index contributed by atoms with van der Waals surface area (Å²) in [5.41, 5.74) is 3.51. The summed E-state index contributed by atoms with van der Waals surface area (Å²) in [6.07, 6.45) is 5.82. The molecule has 0 aliphatic rings. The van der Waals surface area contributed by atoms with E-state index >= 15 is 0 Å². The molecular formula is C18H26N4O. The van der Waals surface area contributed by atoms with Gasteiger partial charge in [0.05, 0.1) is 6.20 Å². The molecule has 1 aromatic carbocycles. The Morgan fingerprint density at radius 2 is 1.96 bits per heavy atom. The summed E-state index contributed by atoms with van der Waals surface area (Å²) in [6, 6.07) is 8.57. The molecule has 23 heavy (non-hydrogen) atoms. The van der Waals surface area contributed by atoms with Crippen LogP contribution in [0.3, 0.4) is 0 Å². The minimum absolute atomic E-state index is 0.0891. The Morgan fingerprint density at radius 1 is 1.26 bits per heavy atom. The predicted molar refractivity (Wildman–Crippen MR) is 93.6 cm³/mol. The summed E-state index contributed by atoms with van der Waals surface area (Å²) in [7, 11) is 5.94. The fourth-order valence-corrected chi connectivity index (χ4v) is 2.54. The molecule has 5 nitrogen and oxygen atoms in total. The first-order valence-electron chi connectivity index (χ1n) is 7.97. The Balaban J connectivity index is 1.77. The van der Waals surface area contributed by atoms with Gasteiger partial charge >= 0.3 is 0 Å². The van der Waals surface area contributed by atoms with Crippen LogP contribution in [0.15, 0.2) is 36.7 Å². The van der Waals surface area contributed by atoms with Gasteiger partial charge in [-0.1, -0.05) is 12.1 Å². The molecule has 0 saturated carbocycles. The van der Waals surface area contributed by atoms with Gasteiger partial charge in [0, 0.05) is 45.5 Å². The van der Waals surface area contributed by atoms with E-state index < -0.39 is 0 Å². The monoisotopic (exact) mass is 314 g/mol. The van der Waals surface area contributed by atoms with Gasteiger partial charge in [0.15, 0.2) is 0 Å². The highest BCUT2D eigenvalue weighted by molar-refractivity contribution is 5.76. The van der Waals surface area contributed by atoms with Crippen LogP contribution in [0.2, 0.25) is 0 Å². The summed E-state index contributed by atoms with van der Waals surface area (Å²) in [5, 5.41) is 7.18. The standard InChI is InChI=1S/C18H26N4O/c1-14(11-15-5-8-17(9-6-15)21(2)3)20-18(23)10-7-16-12-19-22(4)13-16/h5-6,8-9,12-14H,7,10-11H2,1-4H3,(H,20,23)/t14-/m1/s1. The van der Waals surface area contributed by atoms with Crippen LogP contribution in [0.4, 0.5) is 5.69 Å². The molecule has 1 amide bonds. The molecule has 5 heteroatoms. The Morgan fingerprint density at radius 3 is 2.52 bits per heavy atom. The van der Waals surface area contributed by atoms with Crippen LogP contribution in [-0.2, 0) is 24.7 Å². The third-order valence-corrected chi connectivity index (χ3v) is 3.80. The van der Waals surface area contributed by atoms with Crippen LogP contribution >= 0.6 is 0 Å². The molecule has 0 unspecified atom stereocenters. The van der Waals surface area contributed by atoms with Gasteiger partial charge in [-0.05, 0) is 43.0 Å². The van der Waals surface area contributed by atoms with E-state index in [9.17, 15) is 4.79 Å². The maximum atomic E-state index is 12.0. The van der Waals surface area contributed by atoms with Gasteiger partial charge in [0.25, 0.3) is 0 Å². The van der Waals surface area contributed by atoms with Gasteiger partial charge in [-0.2, -0.15) is 5.10 Å². The number of hydrogen-bond donors (Lipinski definition) is 1. The number of nitrogens with zero attached hydrogens (tertiary/aromatic N) is 3. The maximum absolute atomic E-state index is 12.0. The van der Waals surface area contributed by atoms with Crippen molar-refractivity contribution in [1.29, 1.82) is 0 Å². The third-order valence-electron chi connectivity index (χ3n) is 3.80. The zero-order valence-corrected chi connectivity index (χ0v) is 14.4. The number of hydrogen-bond acceptors (Lipinski definition) is 3. The molecule has 0 saturated heterocycles. The SMILES string of the molecule is C[C@H](Cc1ccc(N(C)C)cc1)NC(=O)CCc1cnn(C)c1. The number of aromatic nitrogens is 2. The Kier molecular flexibility index (Phi) is 5.79. The zero-order valence-electron chi connectivity index (χ0n) is 14.4. The number of anilines is 1. The minimum atomic E-state index is 0.0891. The Bertz CT molecular complexity index is 631. The second-order valence-electron chi connectivity index (χ2n) is 6.26. The Labute approximate surface area is 138 Å². The van der Waals surface area contributed by atoms with E-state index in [1.165, 1.54) is 11.3 Å². The largest absolute Gasteiger partial charge is 0.378 e. The van der Waals surface area contributed by atoms with E-state index in [1.54, 1.807) is 4.68 Å². The summed E-state index contributed by atoms with van der Waals surface area (Å²) in [4.78, 5) is 14.1. The lowest BCUT2D eigenvalue weighted by molar-refractivity contribution is -0.121. The average molecular weight is 314 g/mol. The lowest BCUT2D eigenvalue weighted by Gasteiger charge is -2.16. The molecule has 1 aromatic heterocycles. The Hall–Kier alpha value is -2.30. The summed E-state index contributed by atoms with van der Waals surface area (Å²) < 4.78 is 1.76. The van der Waals surface area contributed by atoms with Gasteiger partial charge in [-0.3, -0.25) is 9.48 Å². The number of carbonyl (C=O) groups is 1. The molecular weight excluding hydrogens is 288 g/mol. The van der Waals surface area contributed by atoms with Gasteiger partial charge in [-0.15, -0.1) is 0 Å². The van der Waals surface area contributed by atoms with Gasteiger partial charge in [0.1, 0.15) is 0 Å². The van der Waals surface area contributed by atoms with Crippen molar-refractivity contribution in [1.82, 2.24) is 15.1 Å². The molecule has 124 valence electrons. The van der Waals surface area contributed by atoms with Gasteiger partial charge in [0.2, 0.25) is 5.91 Å². The van der Waals surface area contributed by atoms with Crippen molar-refractivity contribution in [3.8, 4) is 0 Å². The van der Waals surface area contributed by atoms with Crippen molar-refractivity contribution in [2.24, 2.45) is 7.05 Å². The summed E-state index contributed by atoms with van der Waals surface area (Å²) in [5.74, 6) is 0.0891. The van der Waals surface area contributed by atoms with Gasteiger partial charge < -0.3 is 10.2 Å². The first kappa shape index (κ1) is 17.1. The number of aryl methyl sites for hydroxylation is 2. The van der Waals surface area contributed by atoms with Crippen molar-refractivity contribution >= 4 is 11.6 Å². The smallest absolute Gasteiger partial charge is 0.220 e. The lowest BCUT2D eigenvalue weighted by Crippen LogP contribution is -2.34. The molecule has 0 aliphatic heterocycles. The van der Waals surface area contributed by atoms with E-state index in [0.29, 0.717) is 6.42 Å². The molecule has 1 N–H and O–H groups in total. The number of nitrogens with one attached hydrogen (secondary N) is 1. The molecule has 2 aromatic rings. The van der Waals surface area contributed by atoms with Crippen LogP contribution in [0, 0.1) is 0 Å². The number of benzene rings is 1. The second-order valence-corrected chi connectivity index (χ2v) is 6.26. The topological polar surface area (TPSA) is 50.2 Å². The summed E-state index contributed by atoms with van der Waals surface area (Å²) >= 11 is 0. The highest BCUT2D eigenvalue weighted by atomic mass is 16.1. The normalized spacial score (nSPS) is 12.0. The maximum Gasteiger partial charge on any atom is 0.220 e. The molecule has 0 spiro atoms. The van der Waals surface area contributed by atoms with E-state index in [2.05, 4.69) is 39.6 Å². The van der Waals surface area contributed by atoms with Crippen LogP contribution in [0.25, 0.3) is 0 Å². The molecule has 1 atom stereocenters. The molecule has 0 aliphatic carbocycles. The van der Waals surface area contributed by atoms with Crippen molar-refractivity contribution in [2.45, 2.75) is 32.2 Å². The second kappa shape index (κ2) is 7.81. The van der Waals surface area contributed by atoms with Crippen LogP contribution < -0.4 is 10.2 Å². The highest BCUT2D eigenvalue weighted by Gasteiger charge is 2.09. The van der Waals surface area contributed by atoms with Crippen LogP contribution in [0.5, 0.6) is 0 Å². The quantitative estimate of drug-likeness (QED) is 0.852. The highest BCUT2D eigenvalue weighted by Crippen LogP contribution is 2.13. The number of rotatable bonds is 7. The molecule has 0 fully saturated rings. The number of carbonyl (C=O) groups excluding carboxylic acids is 1. The lowest BCUT2D eigenvalue weighted by atomic mass is 10.1. The summed E-state index contributed by atoms with van der Waals surface area (Å²) in [6.45, 7) is 2.04. The molecule has 1 heterocycles.